The van der Waals surface area contributed by atoms with Gasteiger partial charge in [-0.3, -0.25) is 0 Å². The van der Waals surface area contributed by atoms with Crippen LogP contribution in [-0.2, 0) is 9.47 Å². The summed E-state index contributed by atoms with van der Waals surface area (Å²) in [6.07, 6.45) is 6.77. The van der Waals surface area contributed by atoms with Crippen molar-refractivity contribution in [1.29, 1.82) is 0 Å². The first kappa shape index (κ1) is 19.7. The van der Waals surface area contributed by atoms with E-state index in [0.29, 0.717) is 30.2 Å². The molecule has 3 N–H and O–H groups in total. The number of hydrogen-bond donors (Lipinski definition) is 3. The molecule has 1 aromatic heterocycles. The summed E-state index contributed by atoms with van der Waals surface area (Å²) in [4.78, 5) is 9.19. The SMILES string of the molecule is S=C(Nc1ccccc1)NC1COC2C(Nc3nccc(C4CCCC4)n3)COC12. The Hall–Kier alpha value is -2.29. The monoisotopic (exact) mass is 425 g/mol. The van der Waals surface area contributed by atoms with E-state index in [0.717, 1.165) is 11.4 Å². The van der Waals surface area contributed by atoms with Gasteiger partial charge >= 0.3 is 0 Å². The highest BCUT2D eigenvalue weighted by molar-refractivity contribution is 7.80. The Morgan fingerprint density at radius 3 is 2.50 bits per heavy atom. The van der Waals surface area contributed by atoms with Gasteiger partial charge in [0.15, 0.2) is 5.11 Å². The minimum absolute atomic E-state index is 0.0104. The number of aromatic nitrogens is 2. The van der Waals surface area contributed by atoms with E-state index in [-0.39, 0.29) is 24.3 Å². The Morgan fingerprint density at radius 1 is 0.967 bits per heavy atom. The highest BCUT2D eigenvalue weighted by atomic mass is 32.1. The molecule has 0 radical (unpaired) electrons. The molecule has 3 heterocycles. The van der Waals surface area contributed by atoms with E-state index in [1.54, 1.807) is 0 Å². The summed E-state index contributed by atoms with van der Waals surface area (Å²) in [6, 6.07) is 12.0. The van der Waals surface area contributed by atoms with E-state index >= 15 is 0 Å². The number of nitrogens with one attached hydrogen (secondary N) is 3. The van der Waals surface area contributed by atoms with Crippen molar-refractivity contribution in [3.8, 4) is 0 Å². The third kappa shape index (κ3) is 4.26. The largest absolute Gasteiger partial charge is 0.371 e. The molecule has 4 atom stereocenters. The van der Waals surface area contributed by atoms with Crippen molar-refractivity contribution in [2.75, 3.05) is 23.8 Å². The third-order valence-electron chi connectivity index (χ3n) is 6.17. The fourth-order valence-corrected chi connectivity index (χ4v) is 4.93. The number of rotatable bonds is 5. The summed E-state index contributed by atoms with van der Waals surface area (Å²) in [6.45, 7) is 1.11. The number of nitrogens with zero attached hydrogens (tertiary/aromatic N) is 2. The van der Waals surface area contributed by atoms with E-state index in [2.05, 4.69) is 20.9 Å². The average molecular weight is 426 g/mol. The topological polar surface area (TPSA) is 80.3 Å². The molecule has 3 aliphatic rings. The molecule has 2 saturated heterocycles. The zero-order valence-corrected chi connectivity index (χ0v) is 17.6. The van der Waals surface area contributed by atoms with Crippen LogP contribution in [0.5, 0.6) is 0 Å². The lowest BCUT2D eigenvalue weighted by Crippen LogP contribution is -2.46. The van der Waals surface area contributed by atoms with E-state index in [9.17, 15) is 0 Å². The van der Waals surface area contributed by atoms with Crippen molar-refractivity contribution in [2.24, 2.45) is 0 Å². The summed E-state index contributed by atoms with van der Waals surface area (Å²) in [5.41, 5.74) is 2.10. The van der Waals surface area contributed by atoms with Gasteiger partial charge in [-0.15, -0.1) is 0 Å². The van der Waals surface area contributed by atoms with E-state index in [1.807, 2.05) is 42.6 Å². The second-order valence-corrected chi connectivity index (χ2v) is 8.61. The Morgan fingerprint density at radius 2 is 1.70 bits per heavy atom. The van der Waals surface area contributed by atoms with Crippen LogP contribution in [0.15, 0.2) is 42.6 Å². The first-order valence-electron chi connectivity index (χ1n) is 10.7. The van der Waals surface area contributed by atoms with Crippen LogP contribution in [0.4, 0.5) is 11.6 Å². The lowest BCUT2D eigenvalue weighted by Gasteiger charge is -2.20. The molecule has 5 rings (SSSR count). The Labute approximate surface area is 182 Å². The predicted molar refractivity (Wildman–Crippen MR) is 120 cm³/mol. The smallest absolute Gasteiger partial charge is 0.223 e. The van der Waals surface area contributed by atoms with Crippen LogP contribution in [0.1, 0.15) is 37.3 Å². The summed E-state index contributed by atoms with van der Waals surface area (Å²) in [7, 11) is 0. The van der Waals surface area contributed by atoms with Gasteiger partial charge in [0, 0.05) is 23.5 Å². The summed E-state index contributed by atoms with van der Waals surface area (Å²) in [5.74, 6) is 1.23. The van der Waals surface area contributed by atoms with E-state index in [4.69, 9.17) is 26.7 Å². The second-order valence-electron chi connectivity index (χ2n) is 8.20. The van der Waals surface area contributed by atoms with Gasteiger partial charge in [-0.05, 0) is 43.3 Å². The fraction of sp³-hybridized carbons (Fsp3) is 0.500. The molecule has 3 fully saturated rings. The van der Waals surface area contributed by atoms with Gasteiger partial charge in [0.05, 0.1) is 25.3 Å². The standard InChI is InChI=1S/C22H27N5O2S/c30-22(24-15-8-2-1-3-9-15)27-18-13-29-19-17(12-28-20(18)19)26-21-23-11-10-16(25-21)14-6-4-5-7-14/h1-3,8-11,14,17-20H,4-7,12-13H2,(H,23,25,26)(H2,24,27,30). The number of ether oxygens (including phenoxy) is 2. The normalized spacial score (nSPS) is 28.3. The summed E-state index contributed by atoms with van der Waals surface area (Å²) in [5, 5.41) is 10.6. The fourth-order valence-electron chi connectivity index (χ4n) is 4.66. The molecular formula is C22H27N5O2S. The molecule has 1 aliphatic carbocycles. The van der Waals surface area contributed by atoms with Crippen LogP contribution < -0.4 is 16.0 Å². The third-order valence-corrected chi connectivity index (χ3v) is 6.39. The number of thiocarbonyl (C=S) groups is 1. The van der Waals surface area contributed by atoms with Crippen LogP contribution in [0.3, 0.4) is 0 Å². The van der Waals surface area contributed by atoms with Crippen LogP contribution >= 0.6 is 12.2 Å². The van der Waals surface area contributed by atoms with Crippen molar-refractivity contribution >= 4 is 29.0 Å². The number of anilines is 2. The van der Waals surface area contributed by atoms with Crippen LogP contribution in [0.25, 0.3) is 0 Å². The highest BCUT2D eigenvalue weighted by Crippen LogP contribution is 2.33. The van der Waals surface area contributed by atoms with Gasteiger partial charge < -0.3 is 25.4 Å². The molecule has 0 amide bonds. The van der Waals surface area contributed by atoms with Crippen molar-refractivity contribution < 1.29 is 9.47 Å². The van der Waals surface area contributed by atoms with Crippen LogP contribution in [0, 0.1) is 0 Å². The lowest BCUT2D eigenvalue weighted by atomic mass is 10.0. The minimum atomic E-state index is -0.0592. The molecule has 0 spiro atoms. The molecule has 4 unspecified atom stereocenters. The number of benzene rings is 1. The van der Waals surface area contributed by atoms with Gasteiger partial charge in [0.2, 0.25) is 5.95 Å². The number of para-hydroxylation sites is 1. The van der Waals surface area contributed by atoms with E-state index in [1.165, 1.54) is 25.7 Å². The second kappa shape index (κ2) is 8.83. The van der Waals surface area contributed by atoms with Crippen LogP contribution in [-0.4, -0.2) is 52.6 Å². The molecular weight excluding hydrogens is 398 g/mol. The lowest BCUT2D eigenvalue weighted by molar-refractivity contribution is 0.0689. The Kier molecular flexibility index (Phi) is 5.79. The molecule has 0 bridgehead atoms. The van der Waals surface area contributed by atoms with Crippen molar-refractivity contribution in [2.45, 2.75) is 55.9 Å². The molecule has 8 heteroatoms. The molecule has 30 heavy (non-hydrogen) atoms. The minimum Gasteiger partial charge on any atom is -0.371 e. The van der Waals surface area contributed by atoms with Gasteiger partial charge in [-0.25, -0.2) is 9.97 Å². The number of hydrogen-bond acceptors (Lipinski definition) is 6. The maximum atomic E-state index is 6.06. The first-order valence-corrected chi connectivity index (χ1v) is 11.1. The van der Waals surface area contributed by atoms with E-state index < -0.39 is 0 Å². The van der Waals surface area contributed by atoms with Gasteiger partial charge in [-0.2, -0.15) is 0 Å². The average Bonchev–Trinajstić information content (AvgIpc) is 3.50. The molecule has 1 saturated carbocycles. The molecule has 158 valence electrons. The summed E-state index contributed by atoms with van der Waals surface area (Å²) < 4.78 is 12.1. The maximum absolute atomic E-state index is 6.06. The maximum Gasteiger partial charge on any atom is 0.223 e. The zero-order chi connectivity index (χ0) is 20.3. The molecule has 7 nitrogen and oxygen atoms in total. The van der Waals surface area contributed by atoms with Gasteiger partial charge in [-0.1, -0.05) is 31.0 Å². The highest BCUT2D eigenvalue weighted by Gasteiger charge is 2.48. The molecule has 2 aliphatic heterocycles. The van der Waals surface area contributed by atoms with Gasteiger partial charge in [0.1, 0.15) is 12.2 Å². The number of fused-ring (bicyclic) bond motifs is 1. The zero-order valence-electron chi connectivity index (χ0n) is 16.8. The molecule has 1 aromatic carbocycles. The first-order chi connectivity index (χ1) is 14.8. The van der Waals surface area contributed by atoms with Gasteiger partial charge in [0.25, 0.3) is 0 Å². The van der Waals surface area contributed by atoms with Crippen molar-refractivity contribution in [3.63, 3.8) is 0 Å². The Balaban J connectivity index is 1.18. The Bertz CT molecular complexity index is 877. The summed E-state index contributed by atoms with van der Waals surface area (Å²) >= 11 is 5.46. The molecule has 2 aromatic rings. The van der Waals surface area contributed by atoms with Crippen LogP contribution in [0.2, 0.25) is 0 Å². The quantitative estimate of drug-likeness (QED) is 0.631. The van der Waals surface area contributed by atoms with Crippen molar-refractivity contribution in [3.05, 3.63) is 48.3 Å². The predicted octanol–water partition coefficient (Wildman–Crippen LogP) is 3.07. The van der Waals surface area contributed by atoms with Crippen molar-refractivity contribution in [1.82, 2.24) is 15.3 Å².